The highest BCUT2D eigenvalue weighted by atomic mass is 35.5. The smallest absolute Gasteiger partial charge is 0.267 e. The summed E-state index contributed by atoms with van der Waals surface area (Å²) in [6, 6.07) is 9.99. The molecule has 0 aliphatic heterocycles. The molecule has 0 saturated heterocycles. The Balaban J connectivity index is 0.000000980. The molecular weight excluding hydrogens is 237 g/mol. The zero-order valence-corrected chi connectivity index (χ0v) is 9.64. The zero-order valence-electron chi connectivity index (χ0n) is 7.31. The molecule has 0 aliphatic rings. The van der Waals surface area contributed by atoms with Crippen molar-refractivity contribution in [2.75, 3.05) is 0 Å². The van der Waals surface area contributed by atoms with Crippen molar-refractivity contribution in [3.63, 3.8) is 0 Å². The average Bonchev–Trinajstić information content (AvgIpc) is 2.71. The SMILES string of the molecule is ClC(c1cccs1)[n+]1ccccc1.[Cl-]. The van der Waals surface area contributed by atoms with Crippen LogP contribution < -0.4 is 17.0 Å². The Morgan fingerprint density at radius 2 is 1.86 bits per heavy atom. The monoisotopic (exact) mass is 245 g/mol. The molecule has 1 unspecified atom stereocenters. The van der Waals surface area contributed by atoms with Crippen LogP contribution in [0, 0.1) is 0 Å². The molecule has 0 radical (unpaired) electrons. The Morgan fingerprint density at radius 1 is 1.14 bits per heavy atom. The van der Waals surface area contributed by atoms with Gasteiger partial charge in [0.1, 0.15) is 0 Å². The molecule has 0 spiro atoms. The van der Waals surface area contributed by atoms with Crippen LogP contribution in [-0.2, 0) is 0 Å². The van der Waals surface area contributed by atoms with E-state index < -0.39 is 0 Å². The predicted molar refractivity (Wildman–Crippen MR) is 54.9 cm³/mol. The van der Waals surface area contributed by atoms with E-state index in [9.17, 15) is 0 Å². The summed E-state index contributed by atoms with van der Waals surface area (Å²) in [6.07, 6.45) is 3.94. The predicted octanol–water partition coefficient (Wildman–Crippen LogP) is -0.175. The van der Waals surface area contributed by atoms with Crippen molar-refractivity contribution in [3.8, 4) is 0 Å². The van der Waals surface area contributed by atoms with Gasteiger partial charge in [0.15, 0.2) is 12.4 Å². The summed E-state index contributed by atoms with van der Waals surface area (Å²) in [4.78, 5) is 1.16. The molecule has 0 fully saturated rings. The number of hydrogen-bond acceptors (Lipinski definition) is 1. The van der Waals surface area contributed by atoms with Crippen LogP contribution in [0.4, 0.5) is 0 Å². The molecule has 2 aromatic rings. The highest BCUT2D eigenvalue weighted by molar-refractivity contribution is 7.10. The van der Waals surface area contributed by atoms with Gasteiger partial charge in [-0.15, -0.1) is 11.3 Å². The van der Waals surface area contributed by atoms with E-state index in [0.29, 0.717) is 0 Å². The summed E-state index contributed by atoms with van der Waals surface area (Å²) in [7, 11) is 0. The first kappa shape index (κ1) is 11.5. The number of rotatable bonds is 2. The van der Waals surface area contributed by atoms with Gasteiger partial charge in [-0.25, -0.2) is 0 Å². The third-order valence-electron chi connectivity index (χ3n) is 1.78. The van der Waals surface area contributed by atoms with Crippen molar-refractivity contribution < 1.29 is 17.0 Å². The molecule has 2 heterocycles. The normalized spacial score (nSPS) is 11.8. The van der Waals surface area contributed by atoms with Gasteiger partial charge in [0.25, 0.3) is 5.50 Å². The van der Waals surface area contributed by atoms with Gasteiger partial charge in [-0.2, -0.15) is 4.57 Å². The second kappa shape index (κ2) is 5.35. The third kappa shape index (κ3) is 2.47. The molecule has 2 aromatic heterocycles. The lowest BCUT2D eigenvalue weighted by Gasteiger charge is -2.00. The van der Waals surface area contributed by atoms with Crippen LogP contribution in [-0.4, -0.2) is 0 Å². The quantitative estimate of drug-likeness (QED) is 0.511. The maximum Gasteiger partial charge on any atom is 0.267 e. The Bertz CT molecular complexity index is 361. The molecular formula is C10H9Cl2NS. The van der Waals surface area contributed by atoms with E-state index in [-0.39, 0.29) is 17.9 Å². The molecule has 14 heavy (non-hydrogen) atoms. The van der Waals surface area contributed by atoms with E-state index >= 15 is 0 Å². The van der Waals surface area contributed by atoms with E-state index in [4.69, 9.17) is 11.6 Å². The highest BCUT2D eigenvalue weighted by Gasteiger charge is 2.16. The van der Waals surface area contributed by atoms with Crippen molar-refractivity contribution in [1.29, 1.82) is 0 Å². The molecule has 74 valence electrons. The number of aromatic nitrogens is 1. The fraction of sp³-hybridized carbons (Fsp3) is 0.100. The van der Waals surface area contributed by atoms with Gasteiger partial charge < -0.3 is 12.4 Å². The van der Waals surface area contributed by atoms with Crippen LogP contribution in [0.25, 0.3) is 0 Å². The molecule has 0 N–H and O–H groups in total. The van der Waals surface area contributed by atoms with Gasteiger partial charge in [0, 0.05) is 12.1 Å². The second-order valence-electron chi connectivity index (χ2n) is 2.67. The minimum Gasteiger partial charge on any atom is -1.00 e. The average molecular weight is 246 g/mol. The van der Waals surface area contributed by atoms with Crippen molar-refractivity contribution in [2.24, 2.45) is 0 Å². The fourth-order valence-electron chi connectivity index (χ4n) is 1.14. The van der Waals surface area contributed by atoms with Crippen LogP contribution >= 0.6 is 22.9 Å². The van der Waals surface area contributed by atoms with E-state index in [1.165, 1.54) is 0 Å². The van der Waals surface area contributed by atoms with Gasteiger partial charge in [-0.1, -0.05) is 12.1 Å². The Morgan fingerprint density at radius 3 is 2.43 bits per heavy atom. The number of pyridine rings is 1. The van der Waals surface area contributed by atoms with Crippen molar-refractivity contribution >= 4 is 22.9 Å². The molecule has 1 atom stereocenters. The van der Waals surface area contributed by atoms with Crippen molar-refractivity contribution in [2.45, 2.75) is 5.50 Å². The van der Waals surface area contributed by atoms with Crippen molar-refractivity contribution in [3.05, 3.63) is 53.0 Å². The largest absolute Gasteiger partial charge is 1.00 e. The van der Waals surface area contributed by atoms with Crippen molar-refractivity contribution in [1.82, 2.24) is 0 Å². The summed E-state index contributed by atoms with van der Waals surface area (Å²) in [6.45, 7) is 0. The lowest BCUT2D eigenvalue weighted by atomic mass is 10.4. The summed E-state index contributed by atoms with van der Waals surface area (Å²) in [5, 5.41) is 2.04. The molecule has 2 rings (SSSR count). The molecule has 0 aromatic carbocycles. The fourth-order valence-corrected chi connectivity index (χ4v) is 2.20. The number of thiophene rings is 1. The zero-order chi connectivity index (χ0) is 9.10. The molecule has 0 saturated carbocycles. The lowest BCUT2D eigenvalue weighted by molar-refractivity contribution is -0.693. The van der Waals surface area contributed by atoms with Crippen LogP contribution in [0.2, 0.25) is 0 Å². The molecule has 0 aliphatic carbocycles. The highest BCUT2D eigenvalue weighted by Crippen LogP contribution is 2.21. The maximum atomic E-state index is 6.25. The minimum absolute atomic E-state index is 0. The van der Waals surface area contributed by atoms with E-state index in [2.05, 4.69) is 0 Å². The van der Waals surface area contributed by atoms with E-state index in [0.717, 1.165) is 4.88 Å². The van der Waals surface area contributed by atoms with E-state index in [1.807, 2.05) is 52.7 Å². The maximum absolute atomic E-state index is 6.25. The van der Waals surface area contributed by atoms with Crippen LogP contribution in [0.3, 0.4) is 0 Å². The van der Waals surface area contributed by atoms with Gasteiger partial charge in [0.2, 0.25) is 0 Å². The van der Waals surface area contributed by atoms with Gasteiger partial charge in [-0.3, -0.25) is 0 Å². The minimum atomic E-state index is -0.0822. The van der Waals surface area contributed by atoms with Gasteiger partial charge >= 0.3 is 0 Å². The number of halogens is 2. The van der Waals surface area contributed by atoms with Gasteiger partial charge in [0.05, 0.1) is 4.88 Å². The summed E-state index contributed by atoms with van der Waals surface area (Å²) >= 11 is 7.92. The third-order valence-corrected chi connectivity index (χ3v) is 3.29. The van der Waals surface area contributed by atoms with E-state index in [1.54, 1.807) is 11.3 Å². The molecule has 0 amide bonds. The first-order chi connectivity index (χ1) is 6.38. The summed E-state index contributed by atoms with van der Waals surface area (Å²) < 4.78 is 1.98. The van der Waals surface area contributed by atoms with Crippen LogP contribution in [0.5, 0.6) is 0 Å². The second-order valence-corrected chi connectivity index (χ2v) is 4.07. The summed E-state index contributed by atoms with van der Waals surface area (Å²) in [5.74, 6) is 0. The number of nitrogens with zero attached hydrogens (tertiary/aromatic N) is 1. The van der Waals surface area contributed by atoms with Crippen LogP contribution in [0.1, 0.15) is 10.4 Å². The van der Waals surface area contributed by atoms with Gasteiger partial charge in [-0.05, 0) is 23.0 Å². The Hall–Kier alpha value is -0.570. The standard InChI is InChI=1S/C10H9ClNS.ClH/c11-10(9-5-4-8-13-9)12-6-2-1-3-7-12;/h1-8,10H;1H/q+1;/p-1. The first-order valence-corrected chi connectivity index (χ1v) is 5.33. The molecule has 4 heteroatoms. The number of alkyl halides is 1. The number of hydrogen-bond donors (Lipinski definition) is 0. The molecule has 0 bridgehead atoms. The Labute approximate surface area is 98.4 Å². The molecule has 1 nitrogen and oxygen atoms in total. The first-order valence-electron chi connectivity index (χ1n) is 4.01. The summed E-state index contributed by atoms with van der Waals surface area (Å²) in [5.41, 5.74) is -0.0822. The topological polar surface area (TPSA) is 3.88 Å². The Kier molecular flexibility index (Phi) is 4.39. The lowest BCUT2D eigenvalue weighted by Crippen LogP contribution is -3.00. The van der Waals surface area contributed by atoms with Crippen LogP contribution in [0.15, 0.2) is 48.1 Å².